The smallest absolute Gasteiger partial charge is 0.326 e. The number of aromatic nitrogens is 1. The van der Waals surface area contributed by atoms with Crippen LogP contribution in [0.3, 0.4) is 0 Å². The van der Waals surface area contributed by atoms with Gasteiger partial charge in [0.2, 0.25) is 5.56 Å². The van der Waals surface area contributed by atoms with E-state index in [9.17, 15) is 23.9 Å². The zero-order valence-corrected chi connectivity index (χ0v) is 12.4. The summed E-state index contributed by atoms with van der Waals surface area (Å²) in [6, 6.07) is 3.65. The summed E-state index contributed by atoms with van der Waals surface area (Å²) in [5.74, 6) is -2.22. The Kier molecular flexibility index (Phi) is 3.63. The van der Waals surface area contributed by atoms with Gasteiger partial charge in [-0.25, -0.2) is 9.18 Å². The lowest BCUT2D eigenvalue weighted by atomic mass is 10.1. The molecule has 1 aliphatic carbocycles. The first-order chi connectivity index (χ1) is 10.9. The molecule has 1 fully saturated rings. The molecule has 1 aliphatic rings. The van der Waals surface area contributed by atoms with E-state index in [2.05, 4.69) is 4.98 Å². The van der Waals surface area contributed by atoms with E-state index in [0.717, 1.165) is 25.0 Å². The summed E-state index contributed by atoms with van der Waals surface area (Å²) in [6.45, 7) is 1.43. The van der Waals surface area contributed by atoms with Gasteiger partial charge >= 0.3 is 5.97 Å². The molecule has 1 heterocycles. The van der Waals surface area contributed by atoms with Gasteiger partial charge in [-0.15, -0.1) is 0 Å². The van der Waals surface area contributed by atoms with E-state index in [-0.39, 0.29) is 17.0 Å². The summed E-state index contributed by atoms with van der Waals surface area (Å²) >= 11 is 0. The fourth-order valence-corrected chi connectivity index (χ4v) is 2.67. The second-order valence-electron chi connectivity index (χ2n) is 5.69. The van der Waals surface area contributed by atoms with Crippen molar-refractivity contribution in [2.45, 2.75) is 31.8 Å². The van der Waals surface area contributed by atoms with E-state index < -0.39 is 29.3 Å². The van der Waals surface area contributed by atoms with Gasteiger partial charge in [0.05, 0.1) is 5.56 Å². The number of carboxylic acids is 1. The topological polar surface area (TPSA) is 90.5 Å². The van der Waals surface area contributed by atoms with Gasteiger partial charge in [0, 0.05) is 23.0 Å². The molecule has 1 amide bonds. The molecule has 1 atom stereocenters. The number of fused-ring (bicyclic) bond motifs is 1. The molecule has 120 valence electrons. The molecule has 2 N–H and O–H groups in total. The second-order valence-corrected chi connectivity index (χ2v) is 5.69. The zero-order chi connectivity index (χ0) is 16.7. The lowest BCUT2D eigenvalue weighted by Gasteiger charge is -2.27. The Morgan fingerprint density at radius 2 is 2.04 bits per heavy atom. The first-order valence-electron chi connectivity index (χ1n) is 7.26. The number of rotatable bonds is 4. The molecule has 1 aromatic carbocycles. The number of carbonyl (C=O) groups is 2. The number of H-pyrrole nitrogens is 1. The minimum absolute atomic E-state index is 0.0169. The highest BCUT2D eigenvalue weighted by Gasteiger charge is 2.39. The predicted molar refractivity (Wildman–Crippen MR) is 80.8 cm³/mol. The van der Waals surface area contributed by atoms with Gasteiger partial charge in [-0.2, -0.15) is 0 Å². The van der Waals surface area contributed by atoms with Crippen molar-refractivity contribution in [3.63, 3.8) is 0 Å². The maximum Gasteiger partial charge on any atom is 0.326 e. The van der Waals surface area contributed by atoms with Crippen LogP contribution in [0.15, 0.2) is 29.1 Å². The van der Waals surface area contributed by atoms with E-state index in [1.807, 2.05) is 0 Å². The van der Waals surface area contributed by atoms with Crippen LogP contribution in [0.2, 0.25) is 0 Å². The van der Waals surface area contributed by atoms with E-state index >= 15 is 0 Å². The van der Waals surface area contributed by atoms with Crippen molar-refractivity contribution in [3.8, 4) is 0 Å². The van der Waals surface area contributed by atoms with Crippen molar-refractivity contribution in [1.29, 1.82) is 0 Å². The highest BCUT2D eigenvalue weighted by molar-refractivity contribution is 6.07. The second kappa shape index (κ2) is 5.49. The van der Waals surface area contributed by atoms with Crippen LogP contribution in [0.1, 0.15) is 30.1 Å². The molecule has 0 aliphatic heterocycles. The molecule has 3 rings (SSSR count). The number of aliphatic carboxylic acids is 1. The average molecular weight is 318 g/mol. The van der Waals surface area contributed by atoms with Gasteiger partial charge in [-0.3, -0.25) is 9.59 Å². The summed E-state index contributed by atoms with van der Waals surface area (Å²) < 4.78 is 13.5. The van der Waals surface area contributed by atoms with Gasteiger partial charge in [0.15, 0.2) is 0 Å². The van der Waals surface area contributed by atoms with E-state index in [0.29, 0.717) is 5.52 Å². The van der Waals surface area contributed by atoms with Gasteiger partial charge in [-0.1, -0.05) is 0 Å². The Labute approximate surface area is 130 Å². The van der Waals surface area contributed by atoms with Crippen LogP contribution in [0.25, 0.3) is 10.9 Å². The monoisotopic (exact) mass is 318 g/mol. The number of benzene rings is 1. The molecule has 7 heteroatoms. The molecule has 1 aromatic heterocycles. The van der Waals surface area contributed by atoms with Crippen LogP contribution in [0.4, 0.5) is 4.39 Å². The van der Waals surface area contributed by atoms with Crippen LogP contribution in [0, 0.1) is 5.82 Å². The van der Waals surface area contributed by atoms with Gasteiger partial charge < -0.3 is 15.0 Å². The first kappa shape index (κ1) is 15.2. The number of carbonyl (C=O) groups excluding carboxylic acids is 1. The number of nitrogens with zero attached hydrogens (tertiary/aromatic N) is 1. The number of nitrogens with one attached hydrogen (secondary N) is 1. The van der Waals surface area contributed by atoms with E-state index in [1.165, 1.54) is 24.0 Å². The minimum Gasteiger partial charge on any atom is -0.480 e. The number of hydrogen-bond acceptors (Lipinski definition) is 3. The van der Waals surface area contributed by atoms with Crippen LogP contribution in [-0.4, -0.2) is 39.0 Å². The van der Waals surface area contributed by atoms with Crippen LogP contribution >= 0.6 is 0 Å². The summed E-state index contributed by atoms with van der Waals surface area (Å²) in [4.78, 5) is 39.7. The summed E-state index contributed by atoms with van der Waals surface area (Å²) in [5.41, 5.74) is -0.143. The Morgan fingerprint density at radius 3 is 2.65 bits per heavy atom. The molecule has 0 saturated heterocycles. The Morgan fingerprint density at radius 1 is 1.35 bits per heavy atom. The van der Waals surface area contributed by atoms with Gasteiger partial charge in [0.1, 0.15) is 11.9 Å². The molecule has 23 heavy (non-hydrogen) atoms. The zero-order valence-electron chi connectivity index (χ0n) is 12.4. The molecular weight excluding hydrogens is 303 g/mol. The number of pyridine rings is 1. The van der Waals surface area contributed by atoms with Crippen LogP contribution in [0.5, 0.6) is 0 Å². The SMILES string of the molecule is CC(C(=O)O)N(C(=O)c1cc(=O)[nH]c2ccc(F)cc12)C1CC1. The molecule has 1 unspecified atom stereocenters. The van der Waals surface area contributed by atoms with Crippen LogP contribution < -0.4 is 5.56 Å². The molecule has 0 radical (unpaired) electrons. The highest BCUT2D eigenvalue weighted by atomic mass is 19.1. The average Bonchev–Trinajstić information content (AvgIpc) is 3.31. The Balaban J connectivity index is 2.14. The van der Waals surface area contributed by atoms with E-state index in [4.69, 9.17) is 0 Å². The molecular formula is C16H15FN2O4. The lowest BCUT2D eigenvalue weighted by Crippen LogP contribution is -2.45. The van der Waals surface area contributed by atoms with Crippen molar-refractivity contribution in [2.24, 2.45) is 0 Å². The number of hydrogen-bond donors (Lipinski definition) is 2. The van der Waals surface area contributed by atoms with Crippen molar-refractivity contribution >= 4 is 22.8 Å². The van der Waals surface area contributed by atoms with Crippen molar-refractivity contribution < 1.29 is 19.1 Å². The van der Waals surface area contributed by atoms with Crippen molar-refractivity contribution in [2.75, 3.05) is 0 Å². The van der Waals surface area contributed by atoms with Crippen LogP contribution in [-0.2, 0) is 4.79 Å². The third-order valence-corrected chi connectivity index (χ3v) is 3.98. The maximum absolute atomic E-state index is 13.5. The van der Waals surface area contributed by atoms with Gasteiger partial charge in [-0.05, 0) is 38.0 Å². The Bertz CT molecular complexity index is 857. The number of aromatic amines is 1. The standard InChI is InChI=1S/C16H15FN2O4/c1-8(16(22)23)19(10-3-4-10)15(21)12-7-14(20)18-13-5-2-9(17)6-11(12)13/h2,5-8,10H,3-4H2,1H3,(H,18,20)(H,22,23). The Hall–Kier alpha value is -2.70. The number of carboxylic acid groups (broad SMARTS) is 1. The first-order valence-corrected chi connectivity index (χ1v) is 7.26. The molecule has 6 nitrogen and oxygen atoms in total. The van der Waals surface area contributed by atoms with E-state index in [1.54, 1.807) is 0 Å². The van der Waals surface area contributed by atoms with Crippen molar-refractivity contribution in [3.05, 3.63) is 46.0 Å². The highest BCUT2D eigenvalue weighted by Crippen LogP contribution is 2.31. The molecule has 0 bridgehead atoms. The minimum atomic E-state index is -1.12. The fraction of sp³-hybridized carbons (Fsp3) is 0.312. The molecule has 2 aromatic rings. The summed E-state index contributed by atoms with van der Waals surface area (Å²) in [7, 11) is 0. The largest absolute Gasteiger partial charge is 0.480 e. The third-order valence-electron chi connectivity index (χ3n) is 3.98. The van der Waals surface area contributed by atoms with Gasteiger partial charge in [0.25, 0.3) is 5.91 Å². The predicted octanol–water partition coefficient (Wildman–Crippen LogP) is 1.74. The number of halogens is 1. The maximum atomic E-state index is 13.5. The summed E-state index contributed by atoms with van der Waals surface area (Å²) in [5, 5.41) is 9.48. The number of amides is 1. The normalized spacial score (nSPS) is 15.4. The molecule has 1 saturated carbocycles. The molecule has 0 spiro atoms. The quantitative estimate of drug-likeness (QED) is 0.898. The summed E-state index contributed by atoms with van der Waals surface area (Å²) in [6.07, 6.45) is 1.44. The van der Waals surface area contributed by atoms with Crippen molar-refractivity contribution in [1.82, 2.24) is 9.88 Å². The third kappa shape index (κ3) is 2.81. The lowest BCUT2D eigenvalue weighted by molar-refractivity contribution is -0.141. The fourth-order valence-electron chi connectivity index (χ4n) is 2.67.